The van der Waals surface area contributed by atoms with Gasteiger partial charge in [-0.05, 0) is 58.7 Å². The van der Waals surface area contributed by atoms with Crippen LogP contribution < -0.4 is 0 Å². The van der Waals surface area contributed by atoms with Crippen molar-refractivity contribution in [3.05, 3.63) is 153 Å². The Bertz CT molecular complexity index is 1900. The minimum absolute atomic E-state index is 0.0527. The number of Topliss-reactive ketones (excluding diaryl/α,β-unsaturated/α-hetero) is 2. The molecule has 0 unspecified atom stereocenters. The summed E-state index contributed by atoms with van der Waals surface area (Å²) in [5, 5.41) is 0. The van der Waals surface area contributed by atoms with Crippen LogP contribution in [-0.2, 0) is 0 Å². The third-order valence-electron chi connectivity index (χ3n) is 7.33. The van der Waals surface area contributed by atoms with Crippen LogP contribution in [0.15, 0.2) is 121 Å². The van der Waals surface area contributed by atoms with Gasteiger partial charge in [-0.25, -0.2) is 0 Å². The zero-order valence-electron chi connectivity index (χ0n) is 22.0. The van der Waals surface area contributed by atoms with Crippen LogP contribution >= 0.6 is 22.7 Å². The van der Waals surface area contributed by atoms with Gasteiger partial charge in [0, 0.05) is 32.0 Å². The van der Waals surface area contributed by atoms with Crippen LogP contribution in [0.3, 0.4) is 0 Å². The van der Waals surface area contributed by atoms with E-state index < -0.39 is 11.6 Å². The molecule has 4 aromatic carbocycles. The first-order valence-corrected chi connectivity index (χ1v) is 14.9. The van der Waals surface area contributed by atoms with Crippen LogP contribution in [0.1, 0.15) is 51.2 Å². The monoisotopic (exact) mass is 580 g/mol. The van der Waals surface area contributed by atoms with E-state index in [1.54, 1.807) is 48.5 Å². The first-order chi connectivity index (χ1) is 20.5. The number of thiophene rings is 2. The summed E-state index contributed by atoms with van der Waals surface area (Å²) in [6.45, 7) is 0. The van der Waals surface area contributed by atoms with Crippen molar-refractivity contribution >= 4 is 45.8 Å². The third kappa shape index (κ3) is 4.47. The summed E-state index contributed by atoms with van der Waals surface area (Å²) < 4.78 is 0. The van der Waals surface area contributed by atoms with Crippen LogP contribution in [0.2, 0.25) is 0 Å². The highest BCUT2D eigenvalue weighted by Gasteiger charge is 2.31. The molecule has 4 nitrogen and oxygen atoms in total. The van der Waals surface area contributed by atoms with Crippen molar-refractivity contribution in [1.82, 2.24) is 0 Å². The average Bonchev–Trinajstić information content (AvgIpc) is 3.75. The van der Waals surface area contributed by atoms with Gasteiger partial charge in [-0.1, -0.05) is 84.9 Å². The van der Waals surface area contributed by atoms with Gasteiger partial charge in [0.1, 0.15) is 0 Å². The summed E-state index contributed by atoms with van der Waals surface area (Å²) in [5.74, 6) is -1.22. The number of benzene rings is 4. The molecular formula is C36H20O4S2. The van der Waals surface area contributed by atoms with E-state index in [2.05, 4.69) is 0 Å². The molecule has 6 heteroatoms. The minimum atomic E-state index is -0.556. The molecule has 0 amide bonds. The molecule has 2 heterocycles. The standard InChI is InChI=1S/C36H20O4S2/c37-33(21-7-3-1-4-8-21)31-17-15-29(41-31)23-11-13-25-26-14-12-24(20-28(26)36(40)35(39)27(25)19-23)30-16-18-32(42-30)34(38)22-9-5-2-6-10-22/h1-20H. The molecule has 6 aromatic rings. The molecule has 2 aromatic heterocycles. The van der Waals surface area contributed by atoms with Crippen molar-refractivity contribution in [3.8, 4) is 32.0 Å². The maximum atomic E-state index is 13.3. The van der Waals surface area contributed by atoms with Gasteiger partial charge in [0.2, 0.25) is 23.1 Å². The van der Waals surface area contributed by atoms with Gasteiger partial charge in [-0.2, -0.15) is 0 Å². The molecule has 7 rings (SSSR count). The number of hydrogen-bond acceptors (Lipinski definition) is 6. The summed E-state index contributed by atoms with van der Waals surface area (Å²) in [4.78, 5) is 55.3. The van der Waals surface area contributed by atoms with Gasteiger partial charge in [0.15, 0.2) is 0 Å². The van der Waals surface area contributed by atoms with Crippen LogP contribution in [0.25, 0.3) is 32.0 Å². The average molecular weight is 581 g/mol. The Morgan fingerprint density at radius 1 is 0.429 bits per heavy atom. The van der Waals surface area contributed by atoms with Crippen molar-refractivity contribution < 1.29 is 19.2 Å². The quantitative estimate of drug-likeness (QED) is 0.146. The third-order valence-corrected chi connectivity index (χ3v) is 9.59. The van der Waals surface area contributed by atoms with Crippen LogP contribution in [0, 0.1) is 0 Å². The smallest absolute Gasteiger partial charge is 0.234 e. The highest BCUT2D eigenvalue weighted by atomic mass is 32.1. The maximum Gasteiger partial charge on any atom is 0.234 e. The number of ketones is 4. The molecule has 0 spiro atoms. The lowest BCUT2D eigenvalue weighted by molar-refractivity contribution is 0.0815. The number of hydrogen-bond donors (Lipinski definition) is 0. The zero-order chi connectivity index (χ0) is 28.8. The van der Waals surface area contributed by atoms with Crippen molar-refractivity contribution in [2.75, 3.05) is 0 Å². The fourth-order valence-electron chi connectivity index (χ4n) is 5.18. The number of fused-ring (bicyclic) bond motifs is 3. The lowest BCUT2D eigenvalue weighted by atomic mass is 9.82. The Kier molecular flexibility index (Phi) is 6.42. The van der Waals surface area contributed by atoms with Gasteiger partial charge in [-0.15, -0.1) is 22.7 Å². The van der Waals surface area contributed by atoms with Crippen molar-refractivity contribution in [3.63, 3.8) is 0 Å². The topological polar surface area (TPSA) is 68.3 Å². The molecule has 0 radical (unpaired) electrons. The molecule has 200 valence electrons. The Morgan fingerprint density at radius 3 is 1.24 bits per heavy atom. The predicted octanol–water partition coefficient (Wildman–Crippen LogP) is 8.65. The summed E-state index contributed by atoms with van der Waals surface area (Å²) >= 11 is 2.72. The van der Waals surface area contributed by atoms with Gasteiger partial charge < -0.3 is 0 Å². The van der Waals surface area contributed by atoms with Crippen LogP contribution in [0.4, 0.5) is 0 Å². The maximum absolute atomic E-state index is 13.3. The van der Waals surface area contributed by atoms with Gasteiger partial charge >= 0.3 is 0 Å². The second-order valence-electron chi connectivity index (χ2n) is 9.90. The second kappa shape index (κ2) is 10.4. The van der Waals surface area contributed by atoms with E-state index in [1.807, 2.05) is 72.8 Å². The molecule has 0 saturated carbocycles. The SMILES string of the molecule is O=C(c1ccccc1)c1ccc(-c2ccc3c(c2)C(=O)C(=O)c2cc(-c4ccc(C(=O)c5ccccc5)s4)ccc2-3)s1. The van der Waals surface area contributed by atoms with Crippen LogP contribution in [0.5, 0.6) is 0 Å². The first-order valence-electron chi connectivity index (χ1n) is 13.3. The number of rotatable bonds is 6. The molecular weight excluding hydrogens is 561 g/mol. The van der Waals surface area contributed by atoms with Gasteiger partial charge in [0.05, 0.1) is 9.75 Å². The number of carbonyl (C=O) groups is 4. The minimum Gasteiger partial charge on any atom is -0.288 e. The van der Waals surface area contributed by atoms with Crippen molar-refractivity contribution in [1.29, 1.82) is 0 Å². The van der Waals surface area contributed by atoms with E-state index in [0.29, 0.717) is 43.1 Å². The highest BCUT2D eigenvalue weighted by Crippen LogP contribution is 2.40. The predicted molar refractivity (Wildman–Crippen MR) is 167 cm³/mol. The highest BCUT2D eigenvalue weighted by molar-refractivity contribution is 7.18. The largest absolute Gasteiger partial charge is 0.288 e. The molecule has 1 aliphatic carbocycles. The summed E-state index contributed by atoms with van der Waals surface area (Å²) in [6, 6.07) is 36.6. The van der Waals surface area contributed by atoms with Gasteiger partial charge in [0.25, 0.3) is 0 Å². The van der Waals surface area contributed by atoms with Gasteiger partial charge in [-0.3, -0.25) is 19.2 Å². The molecule has 0 fully saturated rings. The van der Waals surface area contributed by atoms with E-state index in [1.165, 1.54) is 22.7 Å². The Balaban J connectivity index is 1.20. The zero-order valence-corrected chi connectivity index (χ0v) is 23.6. The Hall–Kier alpha value is -5.04. The van der Waals surface area contributed by atoms with Crippen molar-refractivity contribution in [2.24, 2.45) is 0 Å². The second-order valence-corrected chi connectivity index (χ2v) is 12.1. The number of carbonyl (C=O) groups excluding carboxylic acids is 4. The molecule has 42 heavy (non-hydrogen) atoms. The lowest BCUT2D eigenvalue weighted by Crippen LogP contribution is -2.21. The molecule has 0 bridgehead atoms. The Labute approximate surface area is 249 Å². The summed E-state index contributed by atoms with van der Waals surface area (Å²) in [5.41, 5.74) is 4.91. The van der Waals surface area contributed by atoms with E-state index in [0.717, 1.165) is 20.9 Å². The van der Waals surface area contributed by atoms with E-state index in [-0.39, 0.29) is 11.6 Å². The molecule has 0 aliphatic heterocycles. The van der Waals surface area contributed by atoms with Crippen LogP contribution in [-0.4, -0.2) is 23.1 Å². The first kappa shape index (κ1) is 25.9. The molecule has 1 aliphatic rings. The van der Waals surface area contributed by atoms with Crippen molar-refractivity contribution in [2.45, 2.75) is 0 Å². The normalized spacial score (nSPS) is 12.1. The molecule has 0 saturated heterocycles. The molecule has 0 N–H and O–H groups in total. The fraction of sp³-hybridized carbons (Fsp3) is 0. The summed E-state index contributed by atoms with van der Waals surface area (Å²) in [7, 11) is 0. The van der Waals surface area contributed by atoms with E-state index in [4.69, 9.17) is 0 Å². The fourth-order valence-corrected chi connectivity index (χ4v) is 7.11. The molecule has 0 atom stereocenters. The lowest BCUT2D eigenvalue weighted by Gasteiger charge is -2.19. The summed E-state index contributed by atoms with van der Waals surface area (Å²) in [6.07, 6.45) is 0. The Morgan fingerprint density at radius 2 is 0.833 bits per heavy atom. The van der Waals surface area contributed by atoms with E-state index in [9.17, 15) is 19.2 Å². The van der Waals surface area contributed by atoms with E-state index >= 15 is 0 Å².